The average Bonchev–Trinajstić information content (AvgIpc) is 2.63. The summed E-state index contributed by atoms with van der Waals surface area (Å²) >= 11 is 5.85. The summed E-state index contributed by atoms with van der Waals surface area (Å²) in [6, 6.07) is 6.64. The number of rotatable bonds is 4. The van der Waals surface area contributed by atoms with Crippen molar-refractivity contribution in [1.29, 1.82) is 0 Å². The number of hydrogen-bond acceptors (Lipinski definition) is 5. The first kappa shape index (κ1) is 13.6. The molecule has 0 amide bonds. The van der Waals surface area contributed by atoms with Crippen molar-refractivity contribution in [3.05, 3.63) is 40.4 Å². The number of ether oxygens (including phenoxy) is 1. The molecule has 0 fully saturated rings. The maximum absolute atomic E-state index is 11.4. The first-order valence-corrected chi connectivity index (χ1v) is 6.97. The molecule has 0 atom stereocenters. The molecule has 0 spiro atoms. The van der Waals surface area contributed by atoms with Gasteiger partial charge in [0.05, 0.1) is 16.1 Å². The summed E-state index contributed by atoms with van der Waals surface area (Å²) in [4.78, 5) is 14.2. The van der Waals surface area contributed by atoms with E-state index < -0.39 is 20.9 Å². The van der Waals surface area contributed by atoms with Gasteiger partial charge in [-0.25, -0.2) is 18.2 Å². The molecule has 0 saturated carbocycles. The van der Waals surface area contributed by atoms with E-state index in [2.05, 4.69) is 4.99 Å². The Morgan fingerprint density at radius 1 is 1.37 bits per heavy atom. The number of aliphatic carboxylic acids is 1. The minimum absolute atomic E-state index is 0.0114. The summed E-state index contributed by atoms with van der Waals surface area (Å²) in [6.45, 7) is -0.181. The van der Waals surface area contributed by atoms with Crippen molar-refractivity contribution in [3.8, 4) is 5.75 Å². The van der Waals surface area contributed by atoms with Crippen molar-refractivity contribution < 1.29 is 23.1 Å². The topological polar surface area (TPSA) is 93.0 Å². The number of nitrogens with zero attached hydrogens (tertiary/aromatic N) is 1. The van der Waals surface area contributed by atoms with Crippen LogP contribution in [0.3, 0.4) is 0 Å². The Balaban J connectivity index is 2.15. The molecule has 0 bridgehead atoms. The molecule has 1 aliphatic rings. The molecule has 0 radical (unpaired) electrons. The highest BCUT2D eigenvalue weighted by atomic mass is 35.5. The van der Waals surface area contributed by atoms with Crippen molar-refractivity contribution in [3.63, 3.8) is 0 Å². The normalized spacial score (nSPS) is 16.7. The lowest BCUT2D eigenvalue weighted by atomic mass is 10.3. The number of carboxylic acid groups (broad SMARTS) is 1. The third kappa shape index (κ3) is 2.94. The Kier molecular flexibility index (Phi) is 3.59. The molecule has 0 unspecified atom stereocenters. The first-order chi connectivity index (χ1) is 8.90. The van der Waals surface area contributed by atoms with Gasteiger partial charge in [-0.1, -0.05) is 23.7 Å². The first-order valence-electron chi connectivity index (χ1n) is 5.05. The van der Waals surface area contributed by atoms with Gasteiger partial charge in [0.15, 0.2) is 0 Å². The number of aliphatic imine (C=N–C) groups is 1. The largest absolute Gasteiger partial charge is 0.486 e. The standard InChI is InChI=1S/C11H8ClNO5S/c12-8-3-1-2-4-9(8)18-5-7-6-19(16,17)10(13-7)11(14)15/h1-4,6H,5H2,(H,14,15). The summed E-state index contributed by atoms with van der Waals surface area (Å²) < 4.78 is 28.1. The molecule has 100 valence electrons. The Morgan fingerprint density at radius 2 is 2.05 bits per heavy atom. The second-order valence-corrected chi connectivity index (χ2v) is 5.72. The van der Waals surface area contributed by atoms with Crippen LogP contribution < -0.4 is 4.74 Å². The minimum atomic E-state index is -3.97. The number of carboxylic acids is 1. The lowest BCUT2D eigenvalue weighted by Gasteiger charge is -2.06. The zero-order chi connectivity index (χ0) is 14.0. The zero-order valence-corrected chi connectivity index (χ0v) is 11.0. The van der Waals surface area contributed by atoms with Crippen molar-refractivity contribution in [2.24, 2.45) is 4.99 Å². The predicted octanol–water partition coefficient (Wildman–Crippen LogP) is 1.47. The summed E-state index contributed by atoms with van der Waals surface area (Å²) in [5.74, 6) is -1.23. The number of hydrogen-bond donors (Lipinski definition) is 1. The lowest BCUT2D eigenvalue weighted by Crippen LogP contribution is -2.19. The highest BCUT2D eigenvalue weighted by Crippen LogP contribution is 2.24. The fourth-order valence-corrected chi connectivity index (χ4v) is 2.67. The average molecular weight is 302 g/mol. The molecule has 2 rings (SSSR count). The molecule has 1 heterocycles. The number of sulfone groups is 1. The Bertz CT molecular complexity index is 693. The van der Waals surface area contributed by atoms with Gasteiger partial charge in [0.25, 0.3) is 0 Å². The van der Waals surface area contributed by atoms with Crippen LogP contribution in [-0.2, 0) is 14.6 Å². The number of halogens is 1. The number of benzene rings is 1. The molecule has 1 aromatic rings. The second kappa shape index (κ2) is 5.02. The monoisotopic (exact) mass is 301 g/mol. The molecular weight excluding hydrogens is 294 g/mol. The number of carbonyl (C=O) groups is 1. The van der Waals surface area contributed by atoms with Gasteiger partial charge >= 0.3 is 5.97 Å². The molecule has 1 N–H and O–H groups in total. The van der Waals surface area contributed by atoms with Crippen molar-refractivity contribution >= 4 is 32.5 Å². The van der Waals surface area contributed by atoms with E-state index in [0.29, 0.717) is 10.8 Å². The van der Waals surface area contributed by atoms with Crippen LogP contribution >= 0.6 is 11.6 Å². The van der Waals surface area contributed by atoms with E-state index in [1.54, 1.807) is 24.3 Å². The van der Waals surface area contributed by atoms with E-state index in [4.69, 9.17) is 21.4 Å². The third-order valence-electron chi connectivity index (χ3n) is 2.20. The fraction of sp³-hybridized carbons (Fsp3) is 0.0909. The number of para-hydroxylation sites is 1. The lowest BCUT2D eigenvalue weighted by molar-refractivity contribution is -0.129. The summed E-state index contributed by atoms with van der Waals surface area (Å²) in [6.07, 6.45) is 0. The molecule has 6 nitrogen and oxygen atoms in total. The zero-order valence-electron chi connectivity index (χ0n) is 9.41. The van der Waals surface area contributed by atoms with E-state index in [9.17, 15) is 13.2 Å². The van der Waals surface area contributed by atoms with Crippen LogP contribution in [0, 0.1) is 0 Å². The van der Waals surface area contributed by atoms with Crippen LogP contribution in [0.25, 0.3) is 0 Å². The van der Waals surface area contributed by atoms with Gasteiger partial charge in [-0.3, -0.25) is 0 Å². The SMILES string of the molecule is O=C(O)C1=NC(COc2ccccc2Cl)=CS1(=O)=O. The van der Waals surface area contributed by atoms with Crippen molar-refractivity contribution in [2.45, 2.75) is 0 Å². The van der Waals surface area contributed by atoms with E-state index >= 15 is 0 Å². The molecule has 0 saturated heterocycles. The summed E-state index contributed by atoms with van der Waals surface area (Å²) in [5.41, 5.74) is 0.0114. The molecule has 19 heavy (non-hydrogen) atoms. The van der Waals surface area contributed by atoms with E-state index in [1.165, 1.54) is 0 Å². The third-order valence-corrected chi connectivity index (χ3v) is 3.90. The van der Waals surface area contributed by atoms with Crippen LogP contribution in [0.5, 0.6) is 5.75 Å². The van der Waals surface area contributed by atoms with Gasteiger partial charge in [-0.2, -0.15) is 0 Å². The Labute approximate surface area is 113 Å². The summed E-state index contributed by atoms with van der Waals surface area (Å²) in [5, 5.41) is 8.93. The molecule has 0 aromatic heterocycles. The summed E-state index contributed by atoms with van der Waals surface area (Å²) in [7, 11) is -3.97. The van der Waals surface area contributed by atoms with Crippen LogP contribution in [0.1, 0.15) is 0 Å². The van der Waals surface area contributed by atoms with Gasteiger partial charge in [0.1, 0.15) is 12.4 Å². The molecule has 1 aromatic carbocycles. The van der Waals surface area contributed by atoms with Gasteiger partial charge in [-0.15, -0.1) is 0 Å². The maximum atomic E-state index is 11.4. The fourth-order valence-electron chi connectivity index (χ4n) is 1.40. The van der Waals surface area contributed by atoms with Gasteiger partial charge < -0.3 is 9.84 Å². The van der Waals surface area contributed by atoms with E-state index in [0.717, 1.165) is 5.41 Å². The molecule has 0 aliphatic carbocycles. The van der Waals surface area contributed by atoms with Crippen LogP contribution in [-0.4, -0.2) is 31.1 Å². The molecule has 1 aliphatic heterocycles. The van der Waals surface area contributed by atoms with Crippen molar-refractivity contribution in [1.82, 2.24) is 0 Å². The van der Waals surface area contributed by atoms with Gasteiger partial charge in [0.2, 0.25) is 14.9 Å². The highest BCUT2D eigenvalue weighted by molar-refractivity contribution is 8.11. The van der Waals surface area contributed by atoms with Gasteiger partial charge in [-0.05, 0) is 12.1 Å². The van der Waals surface area contributed by atoms with Crippen LogP contribution in [0.15, 0.2) is 40.4 Å². The Morgan fingerprint density at radius 3 is 2.63 bits per heavy atom. The minimum Gasteiger partial charge on any atom is -0.486 e. The highest BCUT2D eigenvalue weighted by Gasteiger charge is 2.31. The quantitative estimate of drug-likeness (QED) is 0.909. The molecular formula is C11H8ClNO5S. The molecule has 8 heteroatoms. The van der Waals surface area contributed by atoms with Crippen LogP contribution in [0.2, 0.25) is 5.02 Å². The predicted molar refractivity (Wildman–Crippen MR) is 69.0 cm³/mol. The maximum Gasteiger partial charge on any atom is 0.366 e. The van der Waals surface area contributed by atoms with Crippen LogP contribution in [0.4, 0.5) is 0 Å². The second-order valence-electron chi connectivity index (χ2n) is 3.60. The smallest absolute Gasteiger partial charge is 0.366 e. The van der Waals surface area contributed by atoms with E-state index in [-0.39, 0.29) is 12.3 Å². The van der Waals surface area contributed by atoms with Gasteiger partial charge in [0, 0.05) is 0 Å². The van der Waals surface area contributed by atoms with Crippen molar-refractivity contribution in [2.75, 3.05) is 6.61 Å². The van der Waals surface area contributed by atoms with E-state index in [1.807, 2.05) is 0 Å². The Hall–Kier alpha value is -1.86.